The van der Waals surface area contributed by atoms with Crippen molar-refractivity contribution < 1.29 is 19.2 Å². The number of imide groups is 2. The molecule has 0 aliphatic carbocycles. The van der Waals surface area contributed by atoms with Crippen molar-refractivity contribution >= 4 is 88.9 Å². The predicted molar refractivity (Wildman–Crippen MR) is 199 cm³/mol. The first kappa shape index (κ1) is 28.4. The Kier molecular flexibility index (Phi) is 5.64. The normalized spacial score (nSPS) is 14.3. The highest BCUT2D eigenvalue weighted by atomic mass is 16.2. The Balaban J connectivity index is 1.06. The van der Waals surface area contributed by atoms with Crippen LogP contribution in [0.2, 0.25) is 0 Å². The van der Waals surface area contributed by atoms with Gasteiger partial charge in [0.25, 0.3) is 23.6 Å². The molecule has 6 heteroatoms. The van der Waals surface area contributed by atoms with E-state index in [1.54, 1.807) is 36.4 Å². The van der Waals surface area contributed by atoms with Crippen LogP contribution in [-0.2, 0) is 0 Å². The Morgan fingerprint density at radius 2 is 0.620 bits per heavy atom. The van der Waals surface area contributed by atoms with E-state index in [2.05, 4.69) is 74.5 Å². The lowest BCUT2D eigenvalue weighted by molar-refractivity contribution is 0.0873. The Morgan fingerprint density at radius 1 is 0.320 bits per heavy atom. The summed E-state index contributed by atoms with van der Waals surface area (Å²) < 4.78 is 0. The average Bonchev–Trinajstić information content (AvgIpc) is 3.11. The molecule has 0 N–H and O–H groups in total. The van der Waals surface area contributed by atoms with E-state index in [1.165, 1.54) is 20.9 Å². The maximum absolute atomic E-state index is 14.1. The van der Waals surface area contributed by atoms with Crippen molar-refractivity contribution in [3.05, 3.63) is 155 Å². The van der Waals surface area contributed by atoms with Crippen molar-refractivity contribution in [1.82, 2.24) is 0 Å². The van der Waals surface area contributed by atoms with Gasteiger partial charge in [0.05, 0.1) is 11.4 Å². The number of fused-ring (bicyclic) bond motifs is 4. The largest absolute Gasteiger partial charge is 0.268 e. The van der Waals surface area contributed by atoms with E-state index in [9.17, 15) is 19.2 Å². The number of amides is 4. The van der Waals surface area contributed by atoms with Gasteiger partial charge in [-0.25, -0.2) is 9.80 Å². The van der Waals surface area contributed by atoms with E-state index >= 15 is 0 Å². The molecule has 2 heterocycles. The molecule has 0 bridgehead atoms. The summed E-state index contributed by atoms with van der Waals surface area (Å²) in [4.78, 5) is 58.9. The van der Waals surface area contributed by atoms with Crippen LogP contribution in [0.5, 0.6) is 0 Å². The molecule has 0 aromatic heterocycles. The van der Waals surface area contributed by atoms with Crippen LogP contribution in [0.15, 0.2) is 121 Å². The van der Waals surface area contributed by atoms with Crippen LogP contribution in [0.1, 0.15) is 52.6 Å². The summed E-state index contributed by atoms with van der Waals surface area (Å²) in [6, 6.07) is 38.4. The van der Waals surface area contributed by atoms with Crippen molar-refractivity contribution in [1.29, 1.82) is 0 Å². The zero-order chi connectivity index (χ0) is 34.0. The molecule has 0 radical (unpaired) electrons. The number of nitrogens with zero attached hydrogens (tertiary/aromatic N) is 2. The first-order chi connectivity index (χ1) is 24.2. The molecule has 8 aromatic carbocycles. The molecule has 236 valence electrons. The fourth-order valence-corrected chi connectivity index (χ4v) is 7.83. The molecule has 0 fully saturated rings. The minimum atomic E-state index is -0.499. The van der Waals surface area contributed by atoms with Gasteiger partial charge in [-0.15, -0.1) is 0 Å². The highest BCUT2D eigenvalue weighted by molar-refractivity contribution is 6.42. The quantitative estimate of drug-likeness (QED) is 0.138. The first-order valence-electron chi connectivity index (χ1n) is 16.5. The molecule has 0 saturated carbocycles. The van der Waals surface area contributed by atoms with E-state index in [0.717, 1.165) is 43.1 Å². The zero-order valence-electron chi connectivity index (χ0n) is 27.1. The smallest absolute Gasteiger partial charge is 0.265 e. The van der Waals surface area contributed by atoms with Crippen LogP contribution >= 0.6 is 0 Å². The SMILES string of the molecule is Cc1ccc2cc3cc(N4C(=O)c5ccc6c7c(ccc(c57)C4=O)C(=O)N(c4ccc5cc7cc(C)ccc7cc5c4)C6=O)ccc3cc2c1. The standard InChI is InChI=1S/C44H26N2O4/c1-23-3-5-25-19-31-21-33(9-7-27(31)17-29(25)15-23)45-41(47)35-11-13-37-40-38(14-12-36(39(35)40)42(45)48)44(50)46(43(37)49)34-10-8-28-18-30-16-24(2)4-6-26(30)20-32(28)22-34/h3-22H,1-2H3. The summed E-state index contributed by atoms with van der Waals surface area (Å²) in [6.07, 6.45) is 0. The lowest BCUT2D eigenvalue weighted by atomic mass is 9.85. The highest BCUT2D eigenvalue weighted by Crippen LogP contribution is 2.41. The van der Waals surface area contributed by atoms with Gasteiger partial charge >= 0.3 is 0 Å². The van der Waals surface area contributed by atoms with Crippen LogP contribution in [0.25, 0.3) is 53.9 Å². The molecule has 10 rings (SSSR count). The third-order valence-corrected chi connectivity index (χ3v) is 10.3. The molecule has 2 aliphatic rings. The number of carbonyl (C=O) groups excluding carboxylic acids is 4. The summed E-state index contributed by atoms with van der Waals surface area (Å²) in [5.74, 6) is -2.00. The highest BCUT2D eigenvalue weighted by Gasteiger charge is 2.40. The molecule has 50 heavy (non-hydrogen) atoms. The molecule has 0 unspecified atom stereocenters. The summed E-state index contributed by atoms with van der Waals surface area (Å²) in [6.45, 7) is 4.11. The number of anilines is 2. The van der Waals surface area contributed by atoms with Crippen LogP contribution in [0.4, 0.5) is 11.4 Å². The van der Waals surface area contributed by atoms with Gasteiger partial charge in [0.15, 0.2) is 0 Å². The lowest BCUT2D eigenvalue weighted by Gasteiger charge is -2.32. The third kappa shape index (κ3) is 3.90. The average molecular weight is 647 g/mol. The van der Waals surface area contributed by atoms with E-state index < -0.39 is 23.6 Å². The summed E-state index contributed by atoms with van der Waals surface area (Å²) >= 11 is 0. The Morgan fingerprint density at radius 3 is 0.960 bits per heavy atom. The third-order valence-electron chi connectivity index (χ3n) is 10.3. The molecular weight excluding hydrogens is 620 g/mol. The van der Waals surface area contributed by atoms with Crippen molar-refractivity contribution in [2.45, 2.75) is 13.8 Å². The van der Waals surface area contributed by atoms with Crippen LogP contribution in [-0.4, -0.2) is 23.6 Å². The summed E-state index contributed by atoms with van der Waals surface area (Å²) in [5, 5.41) is 8.87. The fraction of sp³-hybridized carbons (Fsp3) is 0.0455. The maximum atomic E-state index is 14.1. The molecule has 2 aliphatic heterocycles. The van der Waals surface area contributed by atoms with Gasteiger partial charge in [0, 0.05) is 33.0 Å². The lowest BCUT2D eigenvalue weighted by Crippen LogP contribution is -2.43. The van der Waals surface area contributed by atoms with Gasteiger partial charge < -0.3 is 0 Å². The molecule has 4 amide bonds. The van der Waals surface area contributed by atoms with Gasteiger partial charge in [0.1, 0.15) is 0 Å². The minimum absolute atomic E-state index is 0.274. The van der Waals surface area contributed by atoms with E-state index in [0.29, 0.717) is 22.1 Å². The van der Waals surface area contributed by atoms with E-state index in [4.69, 9.17) is 0 Å². The molecule has 0 atom stereocenters. The predicted octanol–water partition coefficient (Wildman–Crippen LogP) is 9.67. The van der Waals surface area contributed by atoms with Gasteiger partial charge in [0.2, 0.25) is 0 Å². The van der Waals surface area contributed by atoms with Crippen molar-refractivity contribution in [2.75, 3.05) is 9.80 Å². The number of benzene rings is 8. The van der Waals surface area contributed by atoms with Crippen molar-refractivity contribution in [3.63, 3.8) is 0 Å². The number of rotatable bonds is 2. The minimum Gasteiger partial charge on any atom is -0.268 e. The molecule has 0 spiro atoms. The fourth-order valence-electron chi connectivity index (χ4n) is 7.83. The second-order valence-corrected chi connectivity index (χ2v) is 13.4. The molecule has 8 aromatic rings. The topological polar surface area (TPSA) is 74.8 Å². The molecular formula is C44H26N2O4. The van der Waals surface area contributed by atoms with Gasteiger partial charge in [-0.3, -0.25) is 19.2 Å². The second kappa shape index (κ2) is 9.94. The van der Waals surface area contributed by atoms with Gasteiger partial charge in [-0.05, 0) is 130 Å². The van der Waals surface area contributed by atoms with Gasteiger partial charge in [-0.2, -0.15) is 0 Å². The number of aryl methyl sites for hydroxylation is 2. The molecule has 6 nitrogen and oxygen atoms in total. The number of hydrogen-bond donors (Lipinski definition) is 0. The first-order valence-corrected chi connectivity index (χ1v) is 16.5. The van der Waals surface area contributed by atoms with Crippen LogP contribution in [0, 0.1) is 13.8 Å². The van der Waals surface area contributed by atoms with E-state index in [-0.39, 0.29) is 22.3 Å². The van der Waals surface area contributed by atoms with E-state index in [1.807, 2.05) is 24.3 Å². The van der Waals surface area contributed by atoms with Crippen molar-refractivity contribution in [3.8, 4) is 0 Å². The molecule has 0 saturated heterocycles. The monoisotopic (exact) mass is 646 g/mol. The summed E-state index contributed by atoms with van der Waals surface area (Å²) in [5.41, 5.74) is 4.35. The number of carbonyl (C=O) groups is 4. The van der Waals surface area contributed by atoms with Crippen LogP contribution in [0.3, 0.4) is 0 Å². The number of hydrogen-bond acceptors (Lipinski definition) is 4. The zero-order valence-corrected chi connectivity index (χ0v) is 27.1. The Bertz CT molecular complexity index is 2670. The maximum Gasteiger partial charge on any atom is 0.265 e. The Labute approximate surface area is 285 Å². The second-order valence-electron chi connectivity index (χ2n) is 13.4. The van der Waals surface area contributed by atoms with Gasteiger partial charge in [-0.1, -0.05) is 59.7 Å². The summed E-state index contributed by atoms with van der Waals surface area (Å²) in [7, 11) is 0. The Hall–Kier alpha value is -6.66. The van der Waals surface area contributed by atoms with Crippen molar-refractivity contribution in [2.24, 2.45) is 0 Å². The van der Waals surface area contributed by atoms with Crippen LogP contribution < -0.4 is 9.80 Å².